The molecule has 0 spiro atoms. The van der Waals surface area contributed by atoms with Gasteiger partial charge in [0.15, 0.2) is 0 Å². The first-order chi connectivity index (χ1) is 10.5. The van der Waals surface area contributed by atoms with Crippen LogP contribution in [-0.2, 0) is 9.59 Å². The van der Waals surface area contributed by atoms with Crippen molar-refractivity contribution in [1.82, 2.24) is 5.32 Å². The van der Waals surface area contributed by atoms with Crippen molar-refractivity contribution in [2.75, 3.05) is 0 Å². The number of rotatable bonds is 15. The first kappa shape index (κ1) is 20.9. The Bertz CT molecular complexity index is 308. The average Bonchev–Trinajstić information content (AvgIpc) is 2.45. The first-order valence-corrected chi connectivity index (χ1v) is 8.74. The topological polar surface area (TPSA) is 92.4 Å². The molecule has 0 aliphatic rings. The van der Waals surface area contributed by atoms with E-state index in [0.717, 1.165) is 12.8 Å². The summed E-state index contributed by atoms with van der Waals surface area (Å²) in [7, 11) is 0. The molecule has 0 saturated carbocycles. The molecule has 4 N–H and O–H groups in total. The van der Waals surface area contributed by atoms with Gasteiger partial charge in [-0.25, -0.2) is 0 Å². The third-order valence-electron chi connectivity index (χ3n) is 3.95. The maximum absolute atomic E-state index is 11.1. The van der Waals surface area contributed by atoms with Crippen LogP contribution in [0.1, 0.15) is 84.5 Å². The van der Waals surface area contributed by atoms with Gasteiger partial charge in [-0.2, -0.15) is 0 Å². The lowest BCUT2D eigenvalue weighted by Gasteiger charge is -2.19. The van der Waals surface area contributed by atoms with Crippen molar-refractivity contribution < 1.29 is 14.7 Å². The van der Waals surface area contributed by atoms with Gasteiger partial charge in [-0.15, -0.1) is 0 Å². The van der Waals surface area contributed by atoms with Gasteiger partial charge in [0.1, 0.15) is 6.04 Å². The molecule has 0 radical (unpaired) electrons. The van der Waals surface area contributed by atoms with Gasteiger partial charge < -0.3 is 16.2 Å². The Balaban J connectivity index is 3.70. The fourth-order valence-electron chi connectivity index (χ4n) is 2.58. The van der Waals surface area contributed by atoms with E-state index in [4.69, 9.17) is 10.8 Å². The maximum atomic E-state index is 11.1. The highest BCUT2D eigenvalue weighted by atomic mass is 16.4. The number of carboxylic acid groups (broad SMARTS) is 1. The summed E-state index contributed by atoms with van der Waals surface area (Å²) in [4.78, 5) is 21.9. The summed E-state index contributed by atoms with van der Waals surface area (Å²) in [5.74, 6) is -1.37. The molecule has 5 heteroatoms. The standard InChI is InChI=1S/C17H34N2O3/c1-3-4-5-6-7-8-9-10-11-14(2)19-15(17(21)22)12-13-16(18)20/h14-15,19H,3-13H2,1-2H3,(H2,18,20)(H,21,22)/t14?,15-/m0/s1. The molecular formula is C17H34N2O3. The molecule has 1 amide bonds. The van der Waals surface area contributed by atoms with Gasteiger partial charge >= 0.3 is 5.97 Å². The Morgan fingerprint density at radius 2 is 1.55 bits per heavy atom. The molecule has 0 saturated heterocycles. The van der Waals surface area contributed by atoms with Crippen LogP contribution < -0.4 is 11.1 Å². The van der Waals surface area contributed by atoms with Gasteiger partial charge in [0.2, 0.25) is 5.91 Å². The summed E-state index contributed by atoms with van der Waals surface area (Å²) >= 11 is 0. The lowest BCUT2D eigenvalue weighted by Crippen LogP contribution is -2.42. The minimum Gasteiger partial charge on any atom is -0.480 e. The fourth-order valence-corrected chi connectivity index (χ4v) is 2.58. The van der Waals surface area contributed by atoms with Gasteiger partial charge in [-0.1, -0.05) is 58.3 Å². The van der Waals surface area contributed by atoms with Crippen LogP contribution in [0.15, 0.2) is 0 Å². The predicted octanol–water partition coefficient (Wildman–Crippen LogP) is 3.21. The summed E-state index contributed by atoms with van der Waals surface area (Å²) < 4.78 is 0. The smallest absolute Gasteiger partial charge is 0.320 e. The van der Waals surface area contributed by atoms with E-state index in [1.807, 2.05) is 6.92 Å². The second-order valence-electron chi connectivity index (χ2n) is 6.23. The zero-order valence-corrected chi connectivity index (χ0v) is 14.3. The predicted molar refractivity (Wildman–Crippen MR) is 89.7 cm³/mol. The molecule has 0 aromatic carbocycles. The molecule has 0 aromatic rings. The number of primary amides is 1. The molecule has 0 heterocycles. The monoisotopic (exact) mass is 314 g/mol. The summed E-state index contributed by atoms with van der Waals surface area (Å²) in [6, 6.07) is -0.536. The highest BCUT2D eigenvalue weighted by Gasteiger charge is 2.19. The Labute approximate surface area is 135 Å². The molecule has 0 fully saturated rings. The molecule has 22 heavy (non-hydrogen) atoms. The van der Waals surface area contributed by atoms with Crippen molar-refractivity contribution >= 4 is 11.9 Å². The van der Waals surface area contributed by atoms with E-state index in [1.54, 1.807) is 0 Å². The molecule has 0 aliphatic carbocycles. The normalized spacial score (nSPS) is 13.7. The van der Waals surface area contributed by atoms with Crippen LogP contribution in [0.25, 0.3) is 0 Å². The number of carbonyl (C=O) groups excluding carboxylic acids is 1. The molecule has 130 valence electrons. The lowest BCUT2D eigenvalue weighted by molar-refractivity contribution is -0.140. The minimum atomic E-state index is -0.913. The van der Waals surface area contributed by atoms with Crippen molar-refractivity contribution in [1.29, 1.82) is 0 Å². The number of carboxylic acids is 1. The van der Waals surface area contributed by atoms with Crippen molar-refractivity contribution in [3.8, 4) is 0 Å². The third kappa shape index (κ3) is 12.6. The number of unbranched alkanes of at least 4 members (excludes halogenated alkanes) is 7. The van der Waals surface area contributed by atoms with Crippen LogP contribution >= 0.6 is 0 Å². The van der Waals surface area contributed by atoms with E-state index in [-0.39, 0.29) is 18.9 Å². The van der Waals surface area contributed by atoms with E-state index in [9.17, 15) is 9.59 Å². The Kier molecular flexibility index (Phi) is 12.9. The number of aliphatic carboxylic acids is 1. The average molecular weight is 314 g/mol. The minimum absolute atomic E-state index is 0.106. The van der Waals surface area contributed by atoms with Crippen molar-refractivity contribution in [2.24, 2.45) is 5.73 Å². The van der Waals surface area contributed by atoms with Gasteiger partial charge in [-0.3, -0.25) is 9.59 Å². The van der Waals surface area contributed by atoms with E-state index < -0.39 is 17.9 Å². The highest BCUT2D eigenvalue weighted by Crippen LogP contribution is 2.11. The number of hydrogen-bond donors (Lipinski definition) is 3. The van der Waals surface area contributed by atoms with Crippen molar-refractivity contribution in [2.45, 2.75) is 96.6 Å². The summed E-state index contributed by atoms with van der Waals surface area (Å²) in [5, 5.41) is 12.2. The molecular weight excluding hydrogens is 280 g/mol. The number of carbonyl (C=O) groups is 2. The molecule has 0 aliphatic heterocycles. The molecule has 1 unspecified atom stereocenters. The summed E-state index contributed by atoms with van der Waals surface area (Å²) in [5.41, 5.74) is 5.07. The van der Waals surface area contributed by atoms with Crippen LogP contribution in [0.5, 0.6) is 0 Å². The van der Waals surface area contributed by atoms with Gasteiger partial charge in [0.25, 0.3) is 0 Å². The van der Waals surface area contributed by atoms with E-state index in [2.05, 4.69) is 12.2 Å². The Hall–Kier alpha value is -1.10. The SMILES string of the molecule is CCCCCCCCCCC(C)N[C@@H](CCC(N)=O)C(=O)O. The summed E-state index contributed by atoms with van der Waals surface area (Å²) in [6.07, 6.45) is 11.5. The molecule has 0 bridgehead atoms. The highest BCUT2D eigenvalue weighted by molar-refractivity contribution is 5.77. The van der Waals surface area contributed by atoms with E-state index in [0.29, 0.717) is 0 Å². The van der Waals surface area contributed by atoms with Crippen LogP contribution in [0.2, 0.25) is 0 Å². The second-order valence-corrected chi connectivity index (χ2v) is 6.23. The van der Waals surface area contributed by atoms with E-state index in [1.165, 1.54) is 44.9 Å². The first-order valence-electron chi connectivity index (χ1n) is 8.74. The van der Waals surface area contributed by atoms with Crippen LogP contribution in [-0.4, -0.2) is 29.1 Å². The molecule has 0 aromatic heterocycles. The number of hydrogen-bond acceptors (Lipinski definition) is 3. The zero-order chi connectivity index (χ0) is 16.8. The quantitative estimate of drug-likeness (QED) is 0.405. The lowest BCUT2D eigenvalue weighted by atomic mass is 10.0. The van der Waals surface area contributed by atoms with E-state index >= 15 is 0 Å². The fraction of sp³-hybridized carbons (Fsp3) is 0.882. The maximum Gasteiger partial charge on any atom is 0.320 e. The molecule has 5 nitrogen and oxygen atoms in total. The zero-order valence-electron chi connectivity index (χ0n) is 14.3. The number of nitrogens with two attached hydrogens (primary N) is 1. The largest absolute Gasteiger partial charge is 0.480 e. The second kappa shape index (κ2) is 13.6. The third-order valence-corrected chi connectivity index (χ3v) is 3.95. The number of amides is 1. The van der Waals surface area contributed by atoms with Gasteiger partial charge in [0.05, 0.1) is 0 Å². The Morgan fingerprint density at radius 1 is 1.00 bits per heavy atom. The number of nitrogens with one attached hydrogen (secondary N) is 1. The van der Waals surface area contributed by atoms with Crippen LogP contribution in [0.3, 0.4) is 0 Å². The Morgan fingerprint density at radius 3 is 2.05 bits per heavy atom. The van der Waals surface area contributed by atoms with Gasteiger partial charge in [0, 0.05) is 12.5 Å². The summed E-state index contributed by atoms with van der Waals surface area (Å²) in [6.45, 7) is 4.23. The van der Waals surface area contributed by atoms with Crippen molar-refractivity contribution in [3.05, 3.63) is 0 Å². The van der Waals surface area contributed by atoms with Crippen molar-refractivity contribution in [3.63, 3.8) is 0 Å². The van der Waals surface area contributed by atoms with Crippen LogP contribution in [0, 0.1) is 0 Å². The molecule has 0 rings (SSSR count). The molecule has 2 atom stereocenters. The van der Waals surface area contributed by atoms with Crippen LogP contribution in [0.4, 0.5) is 0 Å². The van der Waals surface area contributed by atoms with Gasteiger partial charge in [-0.05, 0) is 19.8 Å².